The molecule has 3 nitrogen and oxygen atoms in total. The first-order valence-corrected chi connectivity index (χ1v) is 4.86. The minimum atomic E-state index is 0.416. The summed E-state index contributed by atoms with van der Waals surface area (Å²) in [5, 5.41) is 3.84. The number of hydrogen-bond donors (Lipinski definition) is 1. The van der Waals surface area contributed by atoms with Gasteiger partial charge in [-0.15, -0.1) is 0 Å². The molecule has 1 aromatic carbocycles. The van der Waals surface area contributed by atoms with Crippen molar-refractivity contribution in [2.75, 3.05) is 7.05 Å². The van der Waals surface area contributed by atoms with Crippen molar-refractivity contribution in [1.82, 2.24) is 10.3 Å². The lowest BCUT2D eigenvalue weighted by Gasteiger charge is -1.93. The lowest BCUT2D eigenvalue weighted by Crippen LogP contribution is -2.04. The van der Waals surface area contributed by atoms with Crippen molar-refractivity contribution in [2.24, 2.45) is 0 Å². The Balaban J connectivity index is 2.59. The van der Waals surface area contributed by atoms with E-state index in [9.17, 15) is 0 Å². The van der Waals surface area contributed by atoms with Gasteiger partial charge in [0.1, 0.15) is 10.5 Å². The smallest absolute Gasteiger partial charge is 0.209 e. The zero-order valence-corrected chi connectivity index (χ0v) is 8.99. The quantitative estimate of drug-likeness (QED) is 0.863. The van der Waals surface area contributed by atoms with Crippen LogP contribution in [0.2, 0.25) is 10.0 Å². The van der Waals surface area contributed by atoms with Crippen molar-refractivity contribution in [3.63, 3.8) is 0 Å². The van der Waals surface area contributed by atoms with Gasteiger partial charge >= 0.3 is 0 Å². The number of nitrogens with zero attached hydrogens (tertiary/aromatic N) is 1. The van der Waals surface area contributed by atoms with Crippen molar-refractivity contribution in [3.05, 3.63) is 28.1 Å². The van der Waals surface area contributed by atoms with Crippen molar-refractivity contribution in [2.45, 2.75) is 6.54 Å². The predicted octanol–water partition coefficient (Wildman–Crippen LogP) is 2.85. The Morgan fingerprint density at radius 3 is 2.93 bits per heavy atom. The second-order valence-electron chi connectivity index (χ2n) is 2.85. The predicted molar refractivity (Wildman–Crippen MR) is 56.8 cm³/mol. The number of halogens is 2. The molecule has 0 spiro atoms. The molecule has 14 heavy (non-hydrogen) atoms. The molecule has 2 rings (SSSR count). The summed E-state index contributed by atoms with van der Waals surface area (Å²) in [7, 11) is 1.82. The summed E-state index contributed by atoms with van der Waals surface area (Å²) in [5.41, 5.74) is 1.27. The summed E-state index contributed by atoms with van der Waals surface area (Å²) in [5.74, 6) is 0.603. The topological polar surface area (TPSA) is 38.1 Å². The molecule has 0 fully saturated rings. The molecule has 0 amide bonds. The van der Waals surface area contributed by atoms with Gasteiger partial charge in [0.05, 0.1) is 11.6 Å². The molecule has 0 unspecified atom stereocenters. The molecule has 0 saturated heterocycles. The Labute approximate surface area is 91.0 Å². The molecular formula is C9H8Cl2N2O. The van der Waals surface area contributed by atoms with Gasteiger partial charge in [-0.2, -0.15) is 0 Å². The average Bonchev–Trinajstić information content (AvgIpc) is 2.56. The lowest BCUT2D eigenvalue weighted by molar-refractivity contribution is 0.511. The van der Waals surface area contributed by atoms with E-state index in [4.69, 9.17) is 27.6 Å². The third-order valence-electron chi connectivity index (χ3n) is 1.82. The first-order valence-electron chi connectivity index (χ1n) is 4.10. The maximum Gasteiger partial charge on any atom is 0.209 e. The molecule has 2 aromatic rings. The van der Waals surface area contributed by atoms with Crippen molar-refractivity contribution in [1.29, 1.82) is 0 Å². The maximum atomic E-state index is 5.95. The molecular weight excluding hydrogens is 223 g/mol. The molecule has 1 heterocycles. The van der Waals surface area contributed by atoms with Gasteiger partial charge < -0.3 is 9.73 Å². The molecule has 0 radical (unpaired) electrons. The van der Waals surface area contributed by atoms with E-state index in [0.717, 1.165) is 5.52 Å². The second-order valence-corrected chi connectivity index (χ2v) is 3.63. The van der Waals surface area contributed by atoms with Crippen LogP contribution in [-0.4, -0.2) is 12.0 Å². The monoisotopic (exact) mass is 230 g/mol. The largest absolute Gasteiger partial charge is 0.438 e. The highest BCUT2D eigenvalue weighted by Gasteiger charge is 2.10. The number of hydrogen-bond acceptors (Lipinski definition) is 3. The number of fused-ring (bicyclic) bond motifs is 1. The molecule has 0 bridgehead atoms. The fourth-order valence-corrected chi connectivity index (χ4v) is 1.56. The van der Waals surface area contributed by atoms with Gasteiger partial charge in [-0.25, -0.2) is 4.98 Å². The van der Waals surface area contributed by atoms with Crippen LogP contribution in [0.4, 0.5) is 0 Å². The molecule has 0 atom stereocenters. The third-order valence-corrected chi connectivity index (χ3v) is 2.61. The average molecular weight is 231 g/mol. The highest BCUT2D eigenvalue weighted by molar-refractivity contribution is 6.44. The number of benzene rings is 1. The number of rotatable bonds is 2. The lowest BCUT2D eigenvalue weighted by atomic mass is 10.3. The highest BCUT2D eigenvalue weighted by atomic mass is 35.5. The van der Waals surface area contributed by atoms with Gasteiger partial charge in [-0.1, -0.05) is 23.2 Å². The fraction of sp³-hybridized carbons (Fsp3) is 0.222. The van der Waals surface area contributed by atoms with Gasteiger partial charge in [0.25, 0.3) is 0 Å². The summed E-state index contributed by atoms with van der Waals surface area (Å²) < 4.78 is 5.43. The van der Waals surface area contributed by atoms with Gasteiger partial charge in [0, 0.05) is 0 Å². The van der Waals surface area contributed by atoms with Crippen LogP contribution in [0.1, 0.15) is 5.89 Å². The van der Waals surface area contributed by atoms with E-state index in [0.29, 0.717) is 28.1 Å². The molecule has 1 N–H and O–H groups in total. The number of oxazole rings is 1. The fourth-order valence-electron chi connectivity index (χ4n) is 1.21. The molecule has 1 aromatic heterocycles. The standard InChI is InChI=1S/C9H8Cl2N2O/c1-12-4-7-13-6-3-2-5(10)8(11)9(6)14-7/h2-3,12H,4H2,1H3. The van der Waals surface area contributed by atoms with Crippen molar-refractivity contribution >= 4 is 34.3 Å². The first kappa shape index (κ1) is 9.77. The van der Waals surface area contributed by atoms with Crippen LogP contribution in [0.3, 0.4) is 0 Å². The van der Waals surface area contributed by atoms with Crippen molar-refractivity contribution in [3.8, 4) is 0 Å². The Hall–Kier alpha value is -0.770. The van der Waals surface area contributed by atoms with Gasteiger partial charge in [-0.05, 0) is 19.2 Å². The van der Waals surface area contributed by atoms with Gasteiger partial charge in [0.15, 0.2) is 5.58 Å². The van der Waals surface area contributed by atoms with Crippen LogP contribution in [0.25, 0.3) is 11.1 Å². The minimum absolute atomic E-state index is 0.416. The van der Waals surface area contributed by atoms with E-state index < -0.39 is 0 Å². The van der Waals surface area contributed by atoms with E-state index in [1.54, 1.807) is 12.1 Å². The third kappa shape index (κ3) is 1.59. The SMILES string of the molecule is CNCc1nc2ccc(Cl)c(Cl)c2o1. The van der Waals surface area contributed by atoms with Crippen LogP contribution >= 0.6 is 23.2 Å². The Kier molecular flexibility index (Phi) is 2.63. The Bertz CT molecular complexity index is 467. The molecule has 5 heteroatoms. The molecule has 0 saturated carbocycles. The van der Waals surface area contributed by atoms with E-state index >= 15 is 0 Å². The van der Waals surface area contributed by atoms with E-state index in [1.165, 1.54) is 0 Å². The van der Waals surface area contributed by atoms with Gasteiger partial charge in [-0.3, -0.25) is 0 Å². The van der Waals surface area contributed by atoms with Crippen LogP contribution in [0.5, 0.6) is 0 Å². The molecule has 74 valence electrons. The van der Waals surface area contributed by atoms with Crippen molar-refractivity contribution < 1.29 is 4.42 Å². The van der Waals surface area contributed by atoms with E-state index in [-0.39, 0.29) is 0 Å². The van der Waals surface area contributed by atoms with E-state index in [2.05, 4.69) is 10.3 Å². The van der Waals surface area contributed by atoms with Gasteiger partial charge in [0.2, 0.25) is 5.89 Å². The summed E-state index contributed by atoms with van der Waals surface area (Å²) in [6, 6.07) is 3.49. The maximum absolute atomic E-state index is 5.95. The number of aromatic nitrogens is 1. The van der Waals surface area contributed by atoms with E-state index in [1.807, 2.05) is 7.05 Å². The Morgan fingerprint density at radius 2 is 2.21 bits per heavy atom. The highest BCUT2D eigenvalue weighted by Crippen LogP contribution is 2.30. The van der Waals surface area contributed by atoms with Crippen LogP contribution in [-0.2, 0) is 6.54 Å². The zero-order valence-electron chi connectivity index (χ0n) is 7.47. The summed E-state index contributed by atoms with van der Waals surface area (Å²) in [4.78, 5) is 4.23. The first-order chi connectivity index (χ1) is 6.72. The molecule has 0 aliphatic carbocycles. The van der Waals surface area contributed by atoms with Crippen LogP contribution in [0, 0.1) is 0 Å². The minimum Gasteiger partial charge on any atom is -0.438 e. The normalized spacial score (nSPS) is 11.1. The second kappa shape index (κ2) is 3.77. The molecule has 0 aliphatic rings. The summed E-state index contributed by atoms with van der Waals surface area (Å²) in [6.07, 6.45) is 0. The molecule has 0 aliphatic heterocycles. The summed E-state index contributed by atoms with van der Waals surface area (Å²) >= 11 is 11.8. The van der Waals surface area contributed by atoms with Crippen LogP contribution < -0.4 is 5.32 Å². The zero-order chi connectivity index (χ0) is 10.1. The van der Waals surface area contributed by atoms with Crippen LogP contribution in [0.15, 0.2) is 16.5 Å². The Morgan fingerprint density at radius 1 is 1.43 bits per heavy atom. The summed E-state index contributed by atoms with van der Waals surface area (Å²) in [6.45, 7) is 0.572. The number of nitrogens with one attached hydrogen (secondary N) is 1.